The molecule has 2 rings (SSSR count). The van der Waals surface area contributed by atoms with Gasteiger partial charge in [0.05, 0.1) is 5.69 Å². The molecule has 0 spiro atoms. The van der Waals surface area contributed by atoms with Crippen molar-refractivity contribution in [2.45, 2.75) is 26.7 Å². The molecule has 1 N–H and O–H groups in total. The number of nitrogens with zero attached hydrogens (tertiary/aromatic N) is 1. The molecule has 0 unspecified atom stereocenters. The summed E-state index contributed by atoms with van der Waals surface area (Å²) in [7, 11) is 0. The van der Waals surface area contributed by atoms with Crippen LogP contribution in [-0.4, -0.2) is 16.1 Å². The number of carboxylic acids is 1. The standard InChI is InChI=1S/C14H15NO2S/c1-3-9-7-5-6-8-10(9)13-15-11(4-2)12(18-13)14(16)17/h5-8H,3-4H2,1-2H3,(H,16,17). The molecule has 0 fully saturated rings. The smallest absolute Gasteiger partial charge is 0.347 e. The zero-order valence-corrected chi connectivity index (χ0v) is 11.3. The first-order chi connectivity index (χ1) is 8.67. The minimum Gasteiger partial charge on any atom is -0.477 e. The molecule has 3 nitrogen and oxygen atoms in total. The molecule has 4 heteroatoms. The fourth-order valence-electron chi connectivity index (χ4n) is 1.91. The highest BCUT2D eigenvalue weighted by molar-refractivity contribution is 7.17. The summed E-state index contributed by atoms with van der Waals surface area (Å²) in [6.45, 7) is 4.02. The van der Waals surface area contributed by atoms with Crippen LogP contribution in [0.15, 0.2) is 24.3 Å². The maximum atomic E-state index is 11.2. The van der Waals surface area contributed by atoms with Gasteiger partial charge in [-0.3, -0.25) is 0 Å². The summed E-state index contributed by atoms with van der Waals surface area (Å²) in [5.74, 6) is -0.885. The maximum Gasteiger partial charge on any atom is 0.347 e. The fourth-order valence-corrected chi connectivity index (χ4v) is 2.96. The zero-order valence-electron chi connectivity index (χ0n) is 10.4. The third kappa shape index (κ3) is 2.29. The van der Waals surface area contributed by atoms with Crippen molar-refractivity contribution in [3.63, 3.8) is 0 Å². The Balaban J connectivity index is 2.54. The predicted molar refractivity (Wildman–Crippen MR) is 73.3 cm³/mol. The van der Waals surface area contributed by atoms with Crippen molar-refractivity contribution < 1.29 is 9.90 Å². The van der Waals surface area contributed by atoms with E-state index in [0.29, 0.717) is 17.0 Å². The third-order valence-corrected chi connectivity index (χ3v) is 3.97. The fraction of sp³-hybridized carbons (Fsp3) is 0.286. The van der Waals surface area contributed by atoms with Crippen molar-refractivity contribution in [2.75, 3.05) is 0 Å². The largest absolute Gasteiger partial charge is 0.477 e. The number of hydrogen-bond donors (Lipinski definition) is 1. The molecule has 0 saturated carbocycles. The highest BCUT2D eigenvalue weighted by Crippen LogP contribution is 2.31. The van der Waals surface area contributed by atoms with Gasteiger partial charge >= 0.3 is 5.97 Å². The molecule has 2 aromatic rings. The number of rotatable bonds is 4. The van der Waals surface area contributed by atoms with E-state index in [-0.39, 0.29) is 0 Å². The molecule has 1 heterocycles. The van der Waals surface area contributed by atoms with Crippen LogP contribution in [0.3, 0.4) is 0 Å². The van der Waals surface area contributed by atoms with E-state index in [4.69, 9.17) is 5.11 Å². The Morgan fingerprint density at radius 3 is 2.56 bits per heavy atom. The maximum absolute atomic E-state index is 11.2. The molecule has 0 atom stereocenters. The summed E-state index contributed by atoms with van der Waals surface area (Å²) < 4.78 is 0. The van der Waals surface area contributed by atoms with Gasteiger partial charge in [0.2, 0.25) is 0 Å². The monoisotopic (exact) mass is 261 g/mol. The van der Waals surface area contributed by atoms with Crippen LogP contribution >= 0.6 is 11.3 Å². The highest BCUT2D eigenvalue weighted by atomic mass is 32.1. The molecule has 1 aromatic heterocycles. The van der Waals surface area contributed by atoms with Crippen LogP contribution in [0.5, 0.6) is 0 Å². The van der Waals surface area contributed by atoms with Crippen molar-refractivity contribution >= 4 is 17.3 Å². The zero-order chi connectivity index (χ0) is 13.1. The summed E-state index contributed by atoms with van der Waals surface area (Å²) in [6.07, 6.45) is 1.56. The number of aromatic carboxylic acids is 1. The van der Waals surface area contributed by atoms with Crippen LogP contribution in [0.4, 0.5) is 0 Å². The second-order valence-electron chi connectivity index (χ2n) is 3.96. The van der Waals surface area contributed by atoms with Crippen LogP contribution in [0, 0.1) is 0 Å². The second-order valence-corrected chi connectivity index (χ2v) is 4.96. The quantitative estimate of drug-likeness (QED) is 0.914. The van der Waals surface area contributed by atoms with Gasteiger partial charge in [-0.05, 0) is 18.4 Å². The van der Waals surface area contributed by atoms with Gasteiger partial charge in [0.25, 0.3) is 0 Å². The number of aromatic nitrogens is 1. The Labute approximate surface area is 110 Å². The van der Waals surface area contributed by atoms with Gasteiger partial charge in [-0.2, -0.15) is 0 Å². The lowest BCUT2D eigenvalue weighted by atomic mass is 10.1. The van der Waals surface area contributed by atoms with E-state index in [0.717, 1.165) is 17.0 Å². The van der Waals surface area contributed by atoms with Gasteiger partial charge in [-0.1, -0.05) is 38.1 Å². The Hall–Kier alpha value is -1.68. The van der Waals surface area contributed by atoms with Crippen molar-refractivity contribution in [1.82, 2.24) is 4.98 Å². The molecule has 0 aliphatic carbocycles. The predicted octanol–water partition coefficient (Wildman–Crippen LogP) is 3.63. The molecule has 0 radical (unpaired) electrons. The van der Waals surface area contributed by atoms with E-state index in [1.54, 1.807) is 0 Å². The van der Waals surface area contributed by atoms with E-state index in [1.165, 1.54) is 16.9 Å². The summed E-state index contributed by atoms with van der Waals surface area (Å²) in [5.41, 5.74) is 2.92. The molecule has 0 aliphatic rings. The van der Waals surface area contributed by atoms with Gasteiger partial charge in [0, 0.05) is 5.56 Å². The van der Waals surface area contributed by atoms with Gasteiger partial charge in [-0.15, -0.1) is 11.3 Å². The third-order valence-electron chi connectivity index (χ3n) is 2.86. The van der Waals surface area contributed by atoms with Gasteiger partial charge in [-0.25, -0.2) is 9.78 Å². The van der Waals surface area contributed by atoms with Crippen LogP contribution in [0.1, 0.15) is 34.8 Å². The summed E-state index contributed by atoms with van der Waals surface area (Å²) in [4.78, 5) is 16.0. The van der Waals surface area contributed by atoms with E-state index >= 15 is 0 Å². The van der Waals surface area contributed by atoms with Crippen molar-refractivity contribution in [2.24, 2.45) is 0 Å². The van der Waals surface area contributed by atoms with E-state index in [2.05, 4.69) is 18.0 Å². The summed E-state index contributed by atoms with van der Waals surface area (Å²) >= 11 is 1.26. The number of thiazole rings is 1. The van der Waals surface area contributed by atoms with Crippen molar-refractivity contribution in [3.8, 4) is 10.6 Å². The average Bonchev–Trinajstić information content (AvgIpc) is 2.82. The molecule has 0 bridgehead atoms. The molecule has 94 valence electrons. The Morgan fingerprint density at radius 1 is 1.28 bits per heavy atom. The lowest BCUT2D eigenvalue weighted by Crippen LogP contribution is -1.97. The number of carboxylic acid groups (broad SMARTS) is 1. The first kappa shape index (κ1) is 12.8. The lowest BCUT2D eigenvalue weighted by molar-refractivity contribution is 0.0701. The number of hydrogen-bond acceptors (Lipinski definition) is 3. The molecule has 0 saturated heterocycles. The topological polar surface area (TPSA) is 50.2 Å². The van der Waals surface area contributed by atoms with Crippen molar-refractivity contribution in [3.05, 3.63) is 40.4 Å². The van der Waals surface area contributed by atoms with E-state index in [9.17, 15) is 4.79 Å². The van der Waals surface area contributed by atoms with Crippen LogP contribution in [-0.2, 0) is 12.8 Å². The van der Waals surface area contributed by atoms with E-state index < -0.39 is 5.97 Å². The molecule has 18 heavy (non-hydrogen) atoms. The lowest BCUT2D eigenvalue weighted by Gasteiger charge is -2.03. The second kappa shape index (κ2) is 5.31. The molecular formula is C14H15NO2S. The number of carbonyl (C=O) groups is 1. The summed E-state index contributed by atoms with van der Waals surface area (Å²) in [5, 5.41) is 9.96. The van der Waals surface area contributed by atoms with Gasteiger partial charge in [0.1, 0.15) is 9.88 Å². The van der Waals surface area contributed by atoms with Crippen LogP contribution < -0.4 is 0 Å². The SMILES string of the molecule is CCc1ccccc1-c1nc(CC)c(C(=O)O)s1. The molecule has 0 amide bonds. The Morgan fingerprint density at radius 2 is 2.00 bits per heavy atom. The minimum atomic E-state index is -0.885. The number of aryl methyl sites for hydroxylation is 2. The summed E-state index contributed by atoms with van der Waals surface area (Å²) in [6, 6.07) is 8.02. The van der Waals surface area contributed by atoms with Gasteiger partial charge < -0.3 is 5.11 Å². The van der Waals surface area contributed by atoms with Gasteiger partial charge in [0.15, 0.2) is 0 Å². The van der Waals surface area contributed by atoms with Crippen LogP contribution in [0.25, 0.3) is 10.6 Å². The molecule has 1 aromatic carbocycles. The van der Waals surface area contributed by atoms with Crippen LogP contribution in [0.2, 0.25) is 0 Å². The number of benzene rings is 1. The minimum absolute atomic E-state index is 0.360. The Kier molecular flexibility index (Phi) is 3.77. The highest BCUT2D eigenvalue weighted by Gasteiger charge is 2.17. The first-order valence-corrected chi connectivity index (χ1v) is 6.80. The molecule has 0 aliphatic heterocycles. The molecular weight excluding hydrogens is 246 g/mol. The Bertz CT molecular complexity index is 575. The average molecular weight is 261 g/mol. The first-order valence-electron chi connectivity index (χ1n) is 5.98. The van der Waals surface area contributed by atoms with Crippen molar-refractivity contribution in [1.29, 1.82) is 0 Å². The van der Waals surface area contributed by atoms with E-state index in [1.807, 2.05) is 25.1 Å². The normalized spacial score (nSPS) is 10.6.